The molecule has 0 radical (unpaired) electrons. The van der Waals surface area contributed by atoms with Crippen LogP contribution in [0.2, 0.25) is 0 Å². The van der Waals surface area contributed by atoms with E-state index in [9.17, 15) is 9.59 Å². The van der Waals surface area contributed by atoms with Gasteiger partial charge in [-0.2, -0.15) is 0 Å². The summed E-state index contributed by atoms with van der Waals surface area (Å²) in [4.78, 5) is 33.3. The highest BCUT2D eigenvalue weighted by Gasteiger charge is 2.27. The van der Waals surface area contributed by atoms with Crippen molar-refractivity contribution in [2.75, 3.05) is 5.75 Å². The van der Waals surface area contributed by atoms with Gasteiger partial charge in [0.2, 0.25) is 5.91 Å². The first kappa shape index (κ1) is 20.8. The van der Waals surface area contributed by atoms with Crippen LogP contribution in [0.15, 0.2) is 40.3 Å². The van der Waals surface area contributed by atoms with Gasteiger partial charge in [0.05, 0.1) is 11.1 Å². The van der Waals surface area contributed by atoms with Crippen molar-refractivity contribution in [2.45, 2.75) is 69.1 Å². The molecule has 5 rings (SSSR count). The summed E-state index contributed by atoms with van der Waals surface area (Å²) in [5.41, 5.74) is 2.43. The van der Waals surface area contributed by atoms with Crippen molar-refractivity contribution in [3.8, 4) is 0 Å². The zero-order valence-corrected chi connectivity index (χ0v) is 19.2. The molecule has 0 spiro atoms. The summed E-state index contributed by atoms with van der Waals surface area (Å²) in [6, 6.07) is 10.1. The Kier molecular flexibility index (Phi) is 6.14. The third-order valence-corrected chi connectivity index (χ3v) is 8.48. The Hall–Kier alpha value is -2.12. The van der Waals surface area contributed by atoms with Gasteiger partial charge in [-0.25, -0.2) is 4.98 Å². The number of carbonyl (C=O) groups is 1. The second-order valence-corrected chi connectivity index (χ2v) is 10.5. The average Bonchev–Trinajstić information content (AvgIpc) is 3.44. The smallest absolute Gasteiger partial charge is 0.263 e. The number of benzene rings is 1. The number of nitrogens with zero attached hydrogens (tertiary/aromatic N) is 2. The Morgan fingerprint density at radius 1 is 1.13 bits per heavy atom. The van der Waals surface area contributed by atoms with Crippen LogP contribution in [0.5, 0.6) is 0 Å². The zero-order chi connectivity index (χ0) is 21.2. The molecule has 3 aromatic rings. The van der Waals surface area contributed by atoms with Gasteiger partial charge in [-0.3, -0.25) is 14.2 Å². The molecule has 0 saturated heterocycles. The SMILES string of the molecule is O=C(CSc1nc2sc3c(c2c(=O)n1C1CCCC1)CCCC3)NCc1ccccc1. The highest BCUT2D eigenvalue weighted by molar-refractivity contribution is 7.99. The Morgan fingerprint density at radius 2 is 1.90 bits per heavy atom. The molecule has 1 N–H and O–H groups in total. The minimum absolute atomic E-state index is 0.0355. The van der Waals surface area contributed by atoms with Crippen LogP contribution in [0.25, 0.3) is 10.2 Å². The number of hydrogen-bond acceptors (Lipinski definition) is 5. The molecular weight excluding hydrogens is 426 g/mol. The van der Waals surface area contributed by atoms with Crippen LogP contribution in [0.4, 0.5) is 0 Å². The maximum atomic E-state index is 13.6. The topological polar surface area (TPSA) is 64.0 Å². The molecule has 0 aliphatic heterocycles. The predicted octanol–water partition coefficient (Wildman–Crippen LogP) is 4.86. The van der Waals surface area contributed by atoms with Gasteiger partial charge in [0, 0.05) is 17.5 Å². The lowest BCUT2D eigenvalue weighted by molar-refractivity contribution is -0.118. The van der Waals surface area contributed by atoms with Crippen molar-refractivity contribution in [3.63, 3.8) is 0 Å². The molecular formula is C24H27N3O2S2. The van der Waals surface area contributed by atoms with E-state index in [2.05, 4.69) is 5.32 Å². The number of rotatable bonds is 6. The first-order chi connectivity index (χ1) is 15.2. The van der Waals surface area contributed by atoms with E-state index >= 15 is 0 Å². The Labute approximate surface area is 190 Å². The summed E-state index contributed by atoms with van der Waals surface area (Å²) in [6.07, 6.45) is 8.74. The van der Waals surface area contributed by atoms with Gasteiger partial charge in [0.1, 0.15) is 4.83 Å². The van der Waals surface area contributed by atoms with E-state index in [1.807, 2.05) is 34.9 Å². The molecule has 1 fully saturated rings. The van der Waals surface area contributed by atoms with E-state index in [1.54, 1.807) is 11.3 Å². The molecule has 1 saturated carbocycles. The van der Waals surface area contributed by atoms with E-state index in [4.69, 9.17) is 4.98 Å². The number of amides is 1. The maximum Gasteiger partial charge on any atom is 0.263 e. The number of thioether (sulfide) groups is 1. The Morgan fingerprint density at radius 3 is 2.71 bits per heavy atom. The molecule has 0 unspecified atom stereocenters. The van der Waals surface area contributed by atoms with E-state index in [-0.39, 0.29) is 23.3 Å². The molecule has 0 atom stereocenters. The molecule has 162 valence electrons. The average molecular weight is 454 g/mol. The highest BCUT2D eigenvalue weighted by atomic mass is 32.2. The largest absolute Gasteiger partial charge is 0.351 e. The molecule has 1 aromatic carbocycles. The fourth-order valence-electron chi connectivity index (χ4n) is 4.76. The molecule has 0 bridgehead atoms. The quantitative estimate of drug-likeness (QED) is 0.428. The standard InChI is InChI=1S/C24H27N3O2S2/c28-20(25-14-16-8-2-1-3-9-16)15-30-24-26-22-21(18-12-6-7-13-19(18)31-22)23(29)27(24)17-10-4-5-11-17/h1-3,8-9,17H,4-7,10-15H2,(H,25,28). The number of aromatic nitrogens is 2. The van der Waals surface area contributed by atoms with Crippen molar-refractivity contribution >= 4 is 39.2 Å². The van der Waals surface area contributed by atoms with Gasteiger partial charge in [-0.05, 0) is 49.7 Å². The molecule has 7 heteroatoms. The highest BCUT2D eigenvalue weighted by Crippen LogP contribution is 2.37. The third-order valence-electron chi connectivity index (χ3n) is 6.34. The van der Waals surface area contributed by atoms with Crippen molar-refractivity contribution in [1.82, 2.24) is 14.9 Å². The molecule has 2 aliphatic rings. The van der Waals surface area contributed by atoms with E-state index < -0.39 is 0 Å². The van der Waals surface area contributed by atoms with E-state index in [0.717, 1.165) is 60.7 Å². The number of hydrogen-bond donors (Lipinski definition) is 1. The van der Waals surface area contributed by atoms with Crippen LogP contribution >= 0.6 is 23.1 Å². The van der Waals surface area contributed by atoms with Gasteiger partial charge < -0.3 is 5.32 Å². The van der Waals surface area contributed by atoms with Crippen molar-refractivity contribution in [1.29, 1.82) is 0 Å². The lowest BCUT2D eigenvalue weighted by Crippen LogP contribution is -2.28. The summed E-state index contributed by atoms with van der Waals surface area (Å²) >= 11 is 3.08. The molecule has 2 aromatic heterocycles. The van der Waals surface area contributed by atoms with Gasteiger partial charge in [-0.1, -0.05) is 54.9 Å². The van der Waals surface area contributed by atoms with E-state index in [0.29, 0.717) is 11.7 Å². The first-order valence-corrected chi connectivity index (χ1v) is 13.0. The maximum absolute atomic E-state index is 13.6. The Balaban J connectivity index is 1.41. The predicted molar refractivity (Wildman–Crippen MR) is 127 cm³/mol. The molecule has 2 heterocycles. The fourth-order valence-corrected chi connectivity index (χ4v) is 6.96. The summed E-state index contributed by atoms with van der Waals surface area (Å²) in [5.74, 6) is 0.231. The summed E-state index contributed by atoms with van der Waals surface area (Å²) in [5, 5.41) is 4.54. The van der Waals surface area contributed by atoms with Gasteiger partial charge in [-0.15, -0.1) is 11.3 Å². The van der Waals surface area contributed by atoms with Crippen molar-refractivity contribution in [3.05, 3.63) is 56.7 Å². The summed E-state index contributed by atoms with van der Waals surface area (Å²) in [6.45, 7) is 0.514. The number of thiophene rings is 1. The number of aryl methyl sites for hydroxylation is 2. The second kappa shape index (κ2) is 9.17. The normalized spacial score (nSPS) is 16.5. The monoisotopic (exact) mass is 453 g/mol. The minimum atomic E-state index is -0.0355. The van der Waals surface area contributed by atoms with Gasteiger partial charge >= 0.3 is 0 Å². The van der Waals surface area contributed by atoms with Crippen LogP contribution in [-0.2, 0) is 24.2 Å². The second-order valence-electron chi connectivity index (χ2n) is 8.45. The van der Waals surface area contributed by atoms with Crippen molar-refractivity contribution in [2.24, 2.45) is 0 Å². The number of carbonyl (C=O) groups excluding carboxylic acids is 1. The van der Waals surface area contributed by atoms with Gasteiger partial charge in [0.15, 0.2) is 5.16 Å². The lowest BCUT2D eigenvalue weighted by Gasteiger charge is -2.18. The van der Waals surface area contributed by atoms with Crippen LogP contribution in [0.1, 0.15) is 60.6 Å². The molecule has 1 amide bonds. The molecule has 2 aliphatic carbocycles. The number of nitrogens with one attached hydrogen (secondary N) is 1. The van der Waals surface area contributed by atoms with Crippen molar-refractivity contribution < 1.29 is 4.79 Å². The minimum Gasteiger partial charge on any atom is -0.351 e. The summed E-state index contributed by atoms with van der Waals surface area (Å²) < 4.78 is 1.92. The third kappa shape index (κ3) is 4.30. The zero-order valence-electron chi connectivity index (χ0n) is 17.6. The summed E-state index contributed by atoms with van der Waals surface area (Å²) in [7, 11) is 0. The Bertz CT molecular complexity index is 1150. The molecule has 31 heavy (non-hydrogen) atoms. The molecule has 5 nitrogen and oxygen atoms in total. The fraction of sp³-hybridized carbons (Fsp3) is 0.458. The number of fused-ring (bicyclic) bond motifs is 3. The van der Waals surface area contributed by atoms with Crippen LogP contribution in [0.3, 0.4) is 0 Å². The van der Waals surface area contributed by atoms with Crippen LogP contribution in [-0.4, -0.2) is 21.2 Å². The van der Waals surface area contributed by atoms with Crippen LogP contribution < -0.4 is 10.9 Å². The van der Waals surface area contributed by atoms with E-state index in [1.165, 1.54) is 28.6 Å². The van der Waals surface area contributed by atoms with Crippen LogP contribution in [0, 0.1) is 0 Å². The van der Waals surface area contributed by atoms with Gasteiger partial charge in [0.25, 0.3) is 5.56 Å². The first-order valence-electron chi connectivity index (χ1n) is 11.2. The lowest BCUT2D eigenvalue weighted by atomic mass is 9.97.